The van der Waals surface area contributed by atoms with Gasteiger partial charge in [0.05, 0.1) is 11.9 Å². The molecule has 0 aliphatic heterocycles. The lowest BCUT2D eigenvalue weighted by Crippen LogP contribution is -2.27. The number of para-hydroxylation sites is 1. The summed E-state index contributed by atoms with van der Waals surface area (Å²) in [5.74, 6) is 0. The molecule has 3 aromatic heterocycles. The molecule has 0 saturated carbocycles. The van der Waals surface area contributed by atoms with Crippen molar-refractivity contribution in [3.63, 3.8) is 0 Å². The third-order valence-electron chi connectivity index (χ3n) is 5.85. The monoisotopic (exact) mass is 407 g/mol. The smallest absolute Gasteiger partial charge is 0.0940 e. The van der Waals surface area contributed by atoms with E-state index in [1.807, 2.05) is 10.9 Å². The van der Waals surface area contributed by atoms with Crippen molar-refractivity contribution in [2.45, 2.75) is 27.3 Å². The second-order valence-corrected chi connectivity index (χ2v) is 7.89. The van der Waals surface area contributed by atoms with Crippen LogP contribution < -0.4 is 10.6 Å². The van der Waals surface area contributed by atoms with E-state index >= 15 is 0 Å². The summed E-state index contributed by atoms with van der Waals surface area (Å²) in [5, 5.41) is 13.1. The maximum atomic E-state index is 4.35. The maximum absolute atomic E-state index is 4.35. The summed E-state index contributed by atoms with van der Waals surface area (Å²) in [6, 6.07) is 17.0. The van der Waals surface area contributed by atoms with E-state index in [0.717, 1.165) is 45.3 Å². The predicted molar refractivity (Wildman–Crippen MR) is 129 cm³/mol. The molecule has 0 spiro atoms. The highest BCUT2D eigenvalue weighted by Crippen LogP contribution is 2.25. The van der Waals surface area contributed by atoms with E-state index in [4.69, 9.17) is 0 Å². The molecule has 2 aromatic carbocycles. The zero-order valence-electron chi connectivity index (χ0n) is 18.1. The van der Waals surface area contributed by atoms with Gasteiger partial charge in [0.15, 0.2) is 0 Å². The first-order valence-electron chi connectivity index (χ1n) is 10.5. The second kappa shape index (κ2) is 7.43. The van der Waals surface area contributed by atoms with Crippen molar-refractivity contribution >= 4 is 40.2 Å². The van der Waals surface area contributed by atoms with E-state index in [-0.39, 0.29) is 0 Å². The summed E-state index contributed by atoms with van der Waals surface area (Å²) in [5.41, 5.74) is 6.54. The first-order chi connectivity index (χ1) is 15.1. The molecule has 5 rings (SSSR count). The fourth-order valence-electron chi connectivity index (χ4n) is 4.33. The van der Waals surface area contributed by atoms with Crippen molar-refractivity contribution < 1.29 is 0 Å². The molecular weight excluding hydrogens is 382 g/mol. The molecule has 1 N–H and O–H groups in total. The lowest BCUT2D eigenvalue weighted by atomic mass is 10.1. The summed E-state index contributed by atoms with van der Waals surface area (Å²) in [7, 11) is 0. The topological polar surface area (TPSA) is 51.4 Å². The lowest BCUT2D eigenvalue weighted by Gasteiger charge is -2.06. The Labute approximate surface area is 180 Å². The normalized spacial score (nSPS) is 13.0. The van der Waals surface area contributed by atoms with Crippen LogP contribution in [0.15, 0.2) is 60.8 Å². The first-order valence-corrected chi connectivity index (χ1v) is 10.5. The van der Waals surface area contributed by atoms with Crippen molar-refractivity contribution in [1.82, 2.24) is 24.5 Å². The number of hydrogen-bond donors (Lipinski definition) is 1. The van der Waals surface area contributed by atoms with E-state index in [9.17, 15) is 0 Å². The molecule has 3 heterocycles. The number of allylic oxidation sites excluding steroid dienone is 2. The fraction of sp³-hybridized carbons (Fsp3) is 0.154. The largest absolute Gasteiger partial charge is 0.359 e. The number of aromatic amines is 1. The quantitative estimate of drug-likeness (QED) is 0.478. The van der Waals surface area contributed by atoms with Crippen LogP contribution in [0.4, 0.5) is 0 Å². The van der Waals surface area contributed by atoms with Crippen LogP contribution in [-0.4, -0.2) is 24.5 Å². The van der Waals surface area contributed by atoms with Crippen molar-refractivity contribution in [2.75, 3.05) is 0 Å². The van der Waals surface area contributed by atoms with Gasteiger partial charge in [0.25, 0.3) is 0 Å². The Balaban J connectivity index is 1.60. The molecule has 0 fully saturated rings. The molecule has 5 heteroatoms. The van der Waals surface area contributed by atoms with Crippen LogP contribution in [0.1, 0.15) is 19.5 Å². The Morgan fingerprint density at radius 3 is 2.84 bits per heavy atom. The molecule has 0 saturated heterocycles. The SMILES string of the molecule is C=c1/c(=C\C=C(/C)n2nncc2-c2ccc3[nH]c(C)cc3c2)n(CC)c2ccccc12. The predicted octanol–water partition coefficient (Wildman–Crippen LogP) is 4.46. The van der Waals surface area contributed by atoms with Crippen LogP contribution in [0.3, 0.4) is 0 Å². The Bertz CT molecular complexity index is 1560. The number of nitrogens with zero attached hydrogens (tertiary/aromatic N) is 4. The van der Waals surface area contributed by atoms with Crippen molar-refractivity contribution in [1.29, 1.82) is 0 Å². The lowest BCUT2D eigenvalue weighted by molar-refractivity contribution is 0.771. The minimum Gasteiger partial charge on any atom is -0.359 e. The zero-order chi connectivity index (χ0) is 21.5. The first kappa shape index (κ1) is 19.1. The summed E-state index contributed by atoms with van der Waals surface area (Å²) < 4.78 is 4.19. The molecule has 5 aromatic rings. The molecule has 154 valence electrons. The van der Waals surface area contributed by atoms with E-state index in [0.29, 0.717) is 0 Å². The van der Waals surface area contributed by atoms with Crippen molar-refractivity contribution in [3.05, 3.63) is 77.1 Å². The Kier molecular flexibility index (Phi) is 4.59. The fourth-order valence-corrected chi connectivity index (χ4v) is 4.33. The van der Waals surface area contributed by atoms with Gasteiger partial charge in [-0.15, -0.1) is 5.10 Å². The van der Waals surface area contributed by atoms with E-state index in [1.165, 1.54) is 16.3 Å². The highest BCUT2D eigenvalue weighted by molar-refractivity contribution is 5.86. The van der Waals surface area contributed by atoms with Gasteiger partial charge in [0.2, 0.25) is 0 Å². The molecule has 5 nitrogen and oxygen atoms in total. The molecule has 0 bridgehead atoms. The number of hydrogen-bond acceptors (Lipinski definition) is 2. The molecule has 0 radical (unpaired) electrons. The van der Waals surface area contributed by atoms with Gasteiger partial charge in [-0.25, -0.2) is 4.68 Å². The van der Waals surface area contributed by atoms with Crippen LogP contribution in [0.2, 0.25) is 0 Å². The van der Waals surface area contributed by atoms with Crippen LogP contribution in [0.5, 0.6) is 0 Å². The van der Waals surface area contributed by atoms with E-state index < -0.39 is 0 Å². The van der Waals surface area contributed by atoms with Gasteiger partial charge in [0, 0.05) is 55.9 Å². The number of fused-ring (bicyclic) bond motifs is 2. The number of benzene rings is 2. The van der Waals surface area contributed by atoms with Crippen LogP contribution >= 0.6 is 0 Å². The zero-order valence-corrected chi connectivity index (χ0v) is 18.1. The summed E-state index contributed by atoms with van der Waals surface area (Å²) >= 11 is 0. The van der Waals surface area contributed by atoms with E-state index in [1.54, 1.807) is 0 Å². The molecule has 0 aliphatic rings. The molecule has 0 aliphatic carbocycles. The number of rotatable bonds is 4. The summed E-state index contributed by atoms with van der Waals surface area (Å²) in [6.45, 7) is 11.5. The van der Waals surface area contributed by atoms with Crippen LogP contribution in [-0.2, 0) is 6.54 Å². The van der Waals surface area contributed by atoms with Gasteiger partial charge in [-0.1, -0.05) is 36.1 Å². The highest BCUT2D eigenvalue weighted by atomic mass is 15.4. The highest BCUT2D eigenvalue weighted by Gasteiger charge is 2.10. The Morgan fingerprint density at radius 1 is 1.16 bits per heavy atom. The standard InChI is InChI=1S/C26H25N5/c1-5-30-24(19(4)22-8-6-7-9-25(22)30)13-10-18(3)31-26(16-27-29-31)20-11-12-23-21(15-20)14-17(2)28-23/h6-16,28H,4-5H2,1-3H3/b18-10+,24-13+. The minimum atomic E-state index is 0.888. The molecular formula is C26H25N5. The van der Waals surface area contributed by atoms with Gasteiger partial charge < -0.3 is 9.55 Å². The third-order valence-corrected chi connectivity index (χ3v) is 5.85. The van der Waals surface area contributed by atoms with Gasteiger partial charge >= 0.3 is 0 Å². The Morgan fingerprint density at radius 2 is 2.00 bits per heavy atom. The van der Waals surface area contributed by atoms with Gasteiger partial charge in [-0.2, -0.15) is 0 Å². The van der Waals surface area contributed by atoms with Crippen LogP contribution in [0.25, 0.3) is 51.4 Å². The number of aryl methyl sites for hydroxylation is 2. The summed E-state index contributed by atoms with van der Waals surface area (Å²) in [4.78, 5) is 3.37. The molecule has 0 unspecified atom stereocenters. The average Bonchev–Trinajstić information content (AvgIpc) is 3.47. The second-order valence-electron chi connectivity index (χ2n) is 7.89. The van der Waals surface area contributed by atoms with Crippen molar-refractivity contribution in [3.8, 4) is 11.3 Å². The van der Waals surface area contributed by atoms with Crippen LogP contribution in [0, 0.1) is 6.92 Å². The third kappa shape index (κ3) is 3.19. The Hall–Kier alpha value is -3.86. The number of nitrogens with one attached hydrogen (secondary N) is 1. The molecule has 0 atom stereocenters. The van der Waals surface area contributed by atoms with Crippen molar-refractivity contribution in [2.24, 2.45) is 0 Å². The minimum absolute atomic E-state index is 0.888. The van der Waals surface area contributed by atoms with Gasteiger partial charge in [-0.05, 0) is 57.2 Å². The van der Waals surface area contributed by atoms with E-state index in [2.05, 4.69) is 108 Å². The number of aromatic nitrogens is 5. The molecule has 31 heavy (non-hydrogen) atoms. The number of H-pyrrole nitrogens is 1. The average molecular weight is 408 g/mol. The molecule has 0 amide bonds. The van der Waals surface area contributed by atoms with Gasteiger partial charge in [-0.3, -0.25) is 0 Å². The summed E-state index contributed by atoms with van der Waals surface area (Å²) in [6.07, 6.45) is 6.03. The van der Waals surface area contributed by atoms with Gasteiger partial charge in [0.1, 0.15) is 0 Å². The maximum Gasteiger partial charge on any atom is 0.0940 e.